The fraction of sp³-hybridized carbons (Fsp3) is 0.300. The molecule has 0 aromatic heterocycles. The van der Waals surface area contributed by atoms with Crippen LogP contribution in [0.2, 0.25) is 0 Å². The van der Waals surface area contributed by atoms with Crippen LogP contribution in [0.3, 0.4) is 0 Å². The third kappa shape index (κ3) is 3.14. The normalized spacial score (nSPS) is 10.6. The van der Waals surface area contributed by atoms with Crippen LogP contribution in [0, 0.1) is 18.3 Å². The summed E-state index contributed by atoms with van der Waals surface area (Å²) in [5.41, 5.74) is 1.24. The molecule has 0 aliphatic rings. The van der Waals surface area contributed by atoms with E-state index in [2.05, 4.69) is 4.72 Å². The van der Waals surface area contributed by atoms with Crippen LogP contribution in [0.1, 0.15) is 5.56 Å². The number of sulfonamides is 1. The molecule has 1 N–H and O–H groups in total. The number of nitriles is 1. The zero-order valence-corrected chi connectivity index (χ0v) is 9.84. The third-order valence-electron chi connectivity index (χ3n) is 1.88. The second-order valence-electron chi connectivity index (χ2n) is 3.22. The summed E-state index contributed by atoms with van der Waals surface area (Å²) in [5.74, 6) is -0.156. The summed E-state index contributed by atoms with van der Waals surface area (Å²) in [5, 5.41) is 8.36. The molecule has 0 atom stereocenters. The maximum absolute atomic E-state index is 11.4. The Kier molecular flexibility index (Phi) is 3.74. The highest BCUT2D eigenvalue weighted by atomic mass is 32.2. The number of hydrogen-bond donors (Lipinski definition) is 1. The molecule has 0 saturated heterocycles. The summed E-state index contributed by atoms with van der Waals surface area (Å²) < 4.78 is 30.1. The smallest absolute Gasteiger partial charge is 0.246 e. The van der Waals surface area contributed by atoms with Gasteiger partial charge in [-0.25, -0.2) is 8.42 Å². The fourth-order valence-electron chi connectivity index (χ4n) is 1.19. The largest absolute Gasteiger partial charge is 0.495 e. The topological polar surface area (TPSA) is 79.2 Å². The highest BCUT2D eigenvalue weighted by Crippen LogP contribution is 2.26. The molecule has 0 radical (unpaired) electrons. The van der Waals surface area contributed by atoms with Crippen molar-refractivity contribution in [2.24, 2.45) is 0 Å². The van der Waals surface area contributed by atoms with Crippen LogP contribution < -0.4 is 9.46 Å². The van der Waals surface area contributed by atoms with Crippen LogP contribution in [0.4, 0.5) is 5.69 Å². The van der Waals surface area contributed by atoms with Crippen LogP contribution in [0.5, 0.6) is 5.75 Å². The molecule has 5 nitrogen and oxygen atoms in total. The van der Waals surface area contributed by atoms with E-state index in [-0.39, 0.29) is 0 Å². The fourth-order valence-corrected chi connectivity index (χ4v) is 1.93. The second kappa shape index (κ2) is 4.86. The van der Waals surface area contributed by atoms with E-state index in [0.717, 1.165) is 5.56 Å². The zero-order valence-electron chi connectivity index (χ0n) is 9.02. The van der Waals surface area contributed by atoms with Gasteiger partial charge in [0, 0.05) is 0 Å². The molecule has 86 valence electrons. The number of aryl methyl sites for hydroxylation is 1. The van der Waals surface area contributed by atoms with Crippen molar-refractivity contribution in [2.45, 2.75) is 6.92 Å². The predicted octanol–water partition coefficient (Wildman–Crippen LogP) is 1.27. The molecule has 0 heterocycles. The van der Waals surface area contributed by atoms with Crippen LogP contribution in [-0.2, 0) is 10.0 Å². The van der Waals surface area contributed by atoms with Gasteiger partial charge in [-0.15, -0.1) is 0 Å². The number of hydrogen-bond acceptors (Lipinski definition) is 4. The SMILES string of the molecule is COc1ccc(C)cc1NS(=O)(=O)CC#N. The lowest BCUT2D eigenvalue weighted by atomic mass is 10.2. The average molecular weight is 240 g/mol. The Labute approximate surface area is 94.7 Å². The molecule has 0 unspecified atom stereocenters. The van der Waals surface area contributed by atoms with E-state index < -0.39 is 15.8 Å². The van der Waals surface area contributed by atoms with Gasteiger partial charge >= 0.3 is 0 Å². The number of anilines is 1. The van der Waals surface area contributed by atoms with E-state index in [1.54, 1.807) is 24.3 Å². The molecule has 0 bridgehead atoms. The number of ether oxygens (including phenoxy) is 1. The molecule has 0 aliphatic heterocycles. The average Bonchev–Trinajstić information content (AvgIpc) is 2.17. The van der Waals surface area contributed by atoms with Gasteiger partial charge in [-0.1, -0.05) is 6.07 Å². The molecule has 0 amide bonds. The minimum atomic E-state index is -3.63. The molecule has 0 spiro atoms. The molecule has 1 aromatic carbocycles. The molecule has 0 fully saturated rings. The number of nitrogens with zero attached hydrogens (tertiary/aromatic N) is 1. The zero-order chi connectivity index (χ0) is 12.2. The standard InChI is InChI=1S/C10H12N2O3S/c1-8-3-4-10(15-2)9(7-8)12-16(13,14)6-5-11/h3-4,7,12H,6H2,1-2H3. The molecule has 1 aromatic rings. The van der Waals surface area contributed by atoms with E-state index in [1.807, 2.05) is 6.92 Å². The summed E-state index contributed by atoms with van der Waals surface area (Å²) in [6, 6.07) is 6.71. The van der Waals surface area contributed by atoms with Crippen molar-refractivity contribution in [2.75, 3.05) is 17.6 Å². The molecule has 0 aliphatic carbocycles. The third-order valence-corrected chi connectivity index (χ3v) is 2.92. The van der Waals surface area contributed by atoms with Gasteiger partial charge in [0.15, 0.2) is 5.75 Å². The Morgan fingerprint density at radius 1 is 1.50 bits per heavy atom. The number of rotatable bonds is 4. The molecule has 0 saturated carbocycles. The van der Waals surface area contributed by atoms with Crippen molar-refractivity contribution in [3.8, 4) is 11.8 Å². The highest BCUT2D eigenvalue weighted by molar-refractivity contribution is 7.92. The van der Waals surface area contributed by atoms with Crippen LogP contribution >= 0.6 is 0 Å². The van der Waals surface area contributed by atoms with Gasteiger partial charge in [-0.05, 0) is 24.6 Å². The van der Waals surface area contributed by atoms with Crippen LogP contribution in [0.25, 0.3) is 0 Å². The van der Waals surface area contributed by atoms with E-state index in [0.29, 0.717) is 11.4 Å². The van der Waals surface area contributed by atoms with Crippen molar-refractivity contribution < 1.29 is 13.2 Å². The quantitative estimate of drug-likeness (QED) is 0.859. The van der Waals surface area contributed by atoms with Crippen molar-refractivity contribution >= 4 is 15.7 Å². The maximum atomic E-state index is 11.4. The van der Waals surface area contributed by atoms with Crippen molar-refractivity contribution in [1.82, 2.24) is 0 Å². The van der Waals surface area contributed by atoms with Gasteiger partial charge in [0.05, 0.1) is 18.9 Å². The summed E-state index contributed by atoms with van der Waals surface area (Å²) >= 11 is 0. The number of nitrogens with one attached hydrogen (secondary N) is 1. The molecular weight excluding hydrogens is 228 g/mol. The first kappa shape index (κ1) is 12.3. The lowest BCUT2D eigenvalue weighted by Crippen LogP contribution is -2.16. The molecule has 6 heteroatoms. The Bertz CT molecular complexity index is 517. The number of methoxy groups -OCH3 is 1. The van der Waals surface area contributed by atoms with Gasteiger partial charge < -0.3 is 4.74 Å². The Hall–Kier alpha value is -1.74. The summed E-state index contributed by atoms with van der Waals surface area (Å²) in [7, 11) is -2.17. The lowest BCUT2D eigenvalue weighted by molar-refractivity contribution is 0.417. The Balaban J connectivity index is 3.06. The van der Waals surface area contributed by atoms with Crippen LogP contribution in [-0.4, -0.2) is 21.3 Å². The summed E-state index contributed by atoms with van der Waals surface area (Å²) in [6.45, 7) is 1.83. The van der Waals surface area contributed by atoms with E-state index in [9.17, 15) is 8.42 Å². The van der Waals surface area contributed by atoms with Gasteiger partial charge in [0.1, 0.15) is 5.75 Å². The van der Waals surface area contributed by atoms with Crippen molar-refractivity contribution in [3.63, 3.8) is 0 Å². The minimum Gasteiger partial charge on any atom is -0.495 e. The highest BCUT2D eigenvalue weighted by Gasteiger charge is 2.12. The summed E-state index contributed by atoms with van der Waals surface area (Å²) in [6.07, 6.45) is 0. The van der Waals surface area contributed by atoms with Crippen molar-refractivity contribution in [3.05, 3.63) is 23.8 Å². The lowest BCUT2D eigenvalue weighted by Gasteiger charge is -2.10. The predicted molar refractivity (Wildman–Crippen MR) is 60.8 cm³/mol. The first-order valence-electron chi connectivity index (χ1n) is 4.50. The van der Waals surface area contributed by atoms with Gasteiger partial charge in [0.25, 0.3) is 0 Å². The number of benzene rings is 1. The van der Waals surface area contributed by atoms with E-state index in [4.69, 9.17) is 10.00 Å². The maximum Gasteiger partial charge on any atom is 0.246 e. The van der Waals surface area contributed by atoms with Crippen LogP contribution in [0.15, 0.2) is 18.2 Å². The Morgan fingerprint density at radius 3 is 2.75 bits per heavy atom. The Morgan fingerprint density at radius 2 is 2.19 bits per heavy atom. The van der Waals surface area contributed by atoms with E-state index >= 15 is 0 Å². The van der Waals surface area contributed by atoms with Gasteiger partial charge in [0.2, 0.25) is 10.0 Å². The summed E-state index contributed by atoms with van der Waals surface area (Å²) in [4.78, 5) is 0. The van der Waals surface area contributed by atoms with Crippen molar-refractivity contribution in [1.29, 1.82) is 5.26 Å². The monoisotopic (exact) mass is 240 g/mol. The van der Waals surface area contributed by atoms with Gasteiger partial charge in [-0.2, -0.15) is 5.26 Å². The molecule has 1 rings (SSSR count). The molecule has 16 heavy (non-hydrogen) atoms. The first-order valence-corrected chi connectivity index (χ1v) is 6.16. The first-order chi connectivity index (χ1) is 7.48. The van der Waals surface area contributed by atoms with E-state index in [1.165, 1.54) is 7.11 Å². The molecular formula is C10H12N2O3S. The van der Waals surface area contributed by atoms with Gasteiger partial charge in [-0.3, -0.25) is 4.72 Å². The second-order valence-corrected chi connectivity index (χ2v) is 4.95. The minimum absolute atomic E-state index is 0.345.